The van der Waals surface area contributed by atoms with Crippen LogP contribution in [0.15, 0.2) is 4.99 Å². The van der Waals surface area contributed by atoms with Gasteiger partial charge in [-0.2, -0.15) is 0 Å². The molecule has 0 aliphatic carbocycles. The highest BCUT2D eigenvalue weighted by Gasteiger charge is 2.11. The van der Waals surface area contributed by atoms with E-state index in [1.54, 1.807) is 0 Å². The minimum absolute atomic E-state index is 0.253. The summed E-state index contributed by atoms with van der Waals surface area (Å²) in [4.78, 5) is 7.13. The van der Waals surface area contributed by atoms with Gasteiger partial charge >= 0.3 is 0 Å². The first kappa shape index (κ1) is 21.2. The molecule has 5 heteroatoms. The lowest BCUT2D eigenvalue weighted by molar-refractivity contribution is 0.231. The minimum Gasteiger partial charge on any atom is -0.396 e. The molecule has 0 rings (SSSR count). The Morgan fingerprint density at radius 2 is 1.77 bits per heavy atom. The molecule has 0 radical (unpaired) electrons. The molecule has 3 N–H and O–H groups in total. The minimum atomic E-state index is 0.253. The number of nitrogens with zero attached hydrogens (tertiary/aromatic N) is 2. The Balaban J connectivity index is 4.46. The summed E-state index contributed by atoms with van der Waals surface area (Å²) >= 11 is 0. The number of likely N-dealkylation sites (N-methyl/N-ethyl adjacent to an activating group) is 1. The first-order valence-electron chi connectivity index (χ1n) is 8.99. The van der Waals surface area contributed by atoms with Crippen molar-refractivity contribution < 1.29 is 5.11 Å². The standard InChI is InChI=1S/C17H38N4O/c1-6-10-16(11-12-22)14-20-17(18-7-2)19-13-15(5)21(8-3)9-4/h15-16,22H,6-14H2,1-5H3,(H2,18,19,20). The Morgan fingerprint density at radius 3 is 2.27 bits per heavy atom. The van der Waals surface area contributed by atoms with Crippen LogP contribution >= 0.6 is 0 Å². The largest absolute Gasteiger partial charge is 0.396 e. The molecule has 132 valence electrons. The zero-order valence-corrected chi connectivity index (χ0v) is 15.4. The van der Waals surface area contributed by atoms with E-state index in [9.17, 15) is 0 Å². The van der Waals surface area contributed by atoms with Crippen LogP contribution in [-0.2, 0) is 0 Å². The number of aliphatic imine (C=N–C) groups is 1. The maximum absolute atomic E-state index is 9.14. The summed E-state index contributed by atoms with van der Waals surface area (Å²) < 4.78 is 0. The first-order valence-corrected chi connectivity index (χ1v) is 8.99. The van der Waals surface area contributed by atoms with Crippen molar-refractivity contribution in [3.05, 3.63) is 0 Å². The zero-order chi connectivity index (χ0) is 16.8. The second kappa shape index (κ2) is 13.8. The molecule has 2 unspecified atom stereocenters. The van der Waals surface area contributed by atoms with Crippen molar-refractivity contribution in [1.29, 1.82) is 0 Å². The number of aliphatic hydroxyl groups is 1. The molecule has 0 aromatic rings. The molecule has 0 fully saturated rings. The molecule has 5 nitrogen and oxygen atoms in total. The zero-order valence-electron chi connectivity index (χ0n) is 15.4. The van der Waals surface area contributed by atoms with Crippen molar-refractivity contribution >= 4 is 5.96 Å². The van der Waals surface area contributed by atoms with Crippen molar-refractivity contribution in [2.75, 3.05) is 39.3 Å². The van der Waals surface area contributed by atoms with Gasteiger partial charge < -0.3 is 15.7 Å². The van der Waals surface area contributed by atoms with Crippen molar-refractivity contribution in [1.82, 2.24) is 15.5 Å². The monoisotopic (exact) mass is 314 g/mol. The third kappa shape index (κ3) is 9.26. The molecule has 0 aliphatic rings. The Labute approximate surface area is 137 Å². The van der Waals surface area contributed by atoms with Crippen molar-refractivity contribution in [2.45, 2.75) is 59.9 Å². The lowest BCUT2D eigenvalue weighted by Gasteiger charge is -2.27. The van der Waals surface area contributed by atoms with E-state index >= 15 is 0 Å². The Kier molecular flexibility index (Phi) is 13.3. The van der Waals surface area contributed by atoms with Crippen molar-refractivity contribution in [2.24, 2.45) is 10.9 Å². The van der Waals surface area contributed by atoms with E-state index in [0.29, 0.717) is 12.0 Å². The van der Waals surface area contributed by atoms with Crippen molar-refractivity contribution in [3.8, 4) is 0 Å². The fourth-order valence-electron chi connectivity index (χ4n) is 2.70. The summed E-state index contributed by atoms with van der Waals surface area (Å²) in [6.45, 7) is 15.8. The van der Waals surface area contributed by atoms with Gasteiger partial charge in [-0.15, -0.1) is 0 Å². The normalized spacial score (nSPS) is 15.0. The van der Waals surface area contributed by atoms with E-state index in [-0.39, 0.29) is 6.61 Å². The maximum Gasteiger partial charge on any atom is 0.191 e. The lowest BCUT2D eigenvalue weighted by Crippen LogP contribution is -2.46. The van der Waals surface area contributed by atoms with Crippen LogP contribution in [0.2, 0.25) is 0 Å². The average molecular weight is 315 g/mol. The Bertz CT molecular complexity index is 274. The summed E-state index contributed by atoms with van der Waals surface area (Å²) in [5.41, 5.74) is 0. The molecule has 0 saturated heterocycles. The molecule has 0 amide bonds. The number of nitrogens with one attached hydrogen (secondary N) is 2. The molecular weight excluding hydrogens is 276 g/mol. The van der Waals surface area contributed by atoms with E-state index in [2.05, 4.69) is 50.2 Å². The predicted octanol–water partition coefficient (Wildman–Crippen LogP) is 2.07. The number of hydrogen-bond donors (Lipinski definition) is 3. The van der Waals surface area contributed by atoms with Crippen LogP contribution in [0.1, 0.15) is 53.9 Å². The fraction of sp³-hybridized carbons (Fsp3) is 0.941. The van der Waals surface area contributed by atoms with Gasteiger partial charge in [-0.3, -0.25) is 9.89 Å². The van der Waals surface area contributed by atoms with E-state index < -0.39 is 0 Å². The number of aliphatic hydroxyl groups excluding tert-OH is 1. The number of hydrogen-bond acceptors (Lipinski definition) is 3. The van der Waals surface area contributed by atoms with Gasteiger partial charge in [-0.25, -0.2) is 0 Å². The van der Waals surface area contributed by atoms with Crippen LogP contribution in [0, 0.1) is 5.92 Å². The Hall–Kier alpha value is -0.810. The average Bonchev–Trinajstić information content (AvgIpc) is 2.51. The van der Waals surface area contributed by atoms with Crippen LogP contribution < -0.4 is 10.6 Å². The van der Waals surface area contributed by atoms with Crippen LogP contribution in [0.5, 0.6) is 0 Å². The highest BCUT2D eigenvalue weighted by Crippen LogP contribution is 2.10. The highest BCUT2D eigenvalue weighted by atomic mass is 16.3. The summed E-state index contributed by atoms with van der Waals surface area (Å²) in [5.74, 6) is 1.37. The third-order valence-corrected chi connectivity index (χ3v) is 4.09. The summed E-state index contributed by atoms with van der Waals surface area (Å²) in [7, 11) is 0. The second-order valence-corrected chi connectivity index (χ2v) is 5.84. The van der Waals surface area contributed by atoms with Gasteiger partial charge in [0.15, 0.2) is 5.96 Å². The van der Waals surface area contributed by atoms with Crippen LogP contribution in [0.25, 0.3) is 0 Å². The third-order valence-electron chi connectivity index (χ3n) is 4.09. The van der Waals surface area contributed by atoms with Gasteiger partial charge in [-0.1, -0.05) is 27.2 Å². The predicted molar refractivity (Wildman–Crippen MR) is 96.5 cm³/mol. The summed E-state index contributed by atoms with van der Waals surface area (Å²) in [5, 5.41) is 15.9. The molecule has 0 aliphatic heterocycles. The van der Waals surface area contributed by atoms with Gasteiger partial charge in [0.2, 0.25) is 0 Å². The summed E-state index contributed by atoms with van der Waals surface area (Å²) in [6, 6.07) is 0.489. The highest BCUT2D eigenvalue weighted by molar-refractivity contribution is 5.79. The van der Waals surface area contributed by atoms with E-state index in [4.69, 9.17) is 10.1 Å². The molecule has 0 heterocycles. The smallest absolute Gasteiger partial charge is 0.191 e. The fourth-order valence-corrected chi connectivity index (χ4v) is 2.70. The van der Waals surface area contributed by atoms with E-state index in [0.717, 1.165) is 57.9 Å². The molecular formula is C17H38N4O. The molecule has 0 saturated carbocycles. The van der Waals surface area contributed by atoms with Crippen LogP contribution in [0.3, 0.4) is 0 Å². The van der Waals surface area contributed by atoms with Gasteiger partial charge in [0.1, 0.15) is 0 Å². The van der Waals surface area contributed by atoms with Gasteiger partial charge in [0.05, 0.1) is 0 Å². The van der Waals surface area contributed by atoms with Gasteiger partial charge in [0, 0.05) is 32.3 Å². The molecule has 0 bridgehead atoms. The maximum atomic E-state index is 9.14. The van der Waals surface area contributed by atoms with Gasteiger partial charge in [0.25, 0.3) is 0 Å². The van der Waals surface area contributed by atoms with Crippen LogP contribution in [0.4, 0.5) is 0 Å². The van der Waals surface area contributed by atoms with E-state index in [1.165, 1.54) is 0 Å². The SMILES string of the molecule is CCCC(CCO)CN=C(NCC)NCC(C)N(CC)CC. The molecule has 0 spiro atoms. The molecule has 2 atom stereocenters. The number of guanidine groups is 1. The number of rotatable bonds is 12. The van der Waals surface area contributed by atoms with Gasteiger partial charge in [-0.05, 0) is 45.7 Å². The quantitative estimate of drug-likeness (QED) is 0.381. The molecule has 22 heavy (non-hydrogen) atoms. The Morgan fingerprint density at radius 1 is 1.09 bits per heavy atom. The van der Waals surface area contributed by atoms with Crippen molar-refractivity contribution in [3.63, 3.8) is 0 Å². The molecule has 0 aromatic heterocycles. The molecule has 0 aromatic carbocycles. The second-order valence-electron chi connectivity index (χ2n) is 5.84. The topological polar surface area (TPSA) is 59.9 Å². The lowest BCUT2D eigenvalue weighted by atomic mass is 10.0. The van der Waals surface area contributed by atoms with E-state index in [1.807, 2.05) is 0 Å². The first-order chi connectivity index (χ1) is 10.6. The summed E-state index contributed by atoms with van der Waals surface area (Å²) in [6.07, 6.45) is 3.11. The van der Waals surface area contributed by atoms with Crippen LogP contribution in [-0.4, -0.2) is 61.3 Å².